The van der Waals surface area contributed by atoms with Crippen molar-refractivity contribution in [1.82, 2.24) is 10.2 Å². The van der Waals surface area contributed by atoms with E-state index in [4.69, 9.17) is 5.73 Å². The van der Waals surface area contributed by atoms with Crippen molar-refractivity contribution in [2.45, 2.75) is 10.8 Å². The molecule has 17 heavy (non-hydrogen) atoms. The van der Waals surface area contributed by atoms with E-state index >= 15 is 0 Å². The Bertz CT molecular complexity index is 444. The van der Waals surface area contributed by atoms with Crippen molar-refractivity contribution in [1.29, 1.82) is 0 Å². The molecule has 3 N–H and O–H groups in total. The molecular weight excluding hydrogens is 252 g/mol. The van der Waals surface area contributed by atoms with Gasteiger partial charge in [0.2, 0.25) is 5.13 Å². The molecule has 0 atom stereocenters. The molecule has 4 nitrogen and oxygen atoms in total. The van der Waals surface area contributed by atoms with Crippen LogP contribution in [-0.4, -0.2) is 22.5 Å². The van der Waals surface area contributed by atoms with Gasteiger partial charge in [0, 0.05) is 11.4 Å². The Balaban J connectivity index is 1.90. The summed E-state index contributed by atoms with van der Waals surface area (Å²) >= 11 is 3.27. The average molecular weight is 266 g/mol. The van der Waals surface area contributed by atoms with Gasteiger partial charge in [0.15, 0.2) is 4.34 Å². The lowest BCUT2D eigenvalue weighted by Gasteiger charge is -1.99. The minimum atomic E-state index is 0.723. The highest BCUT2D eigenvalue weighted by Gasteiger charge is 2.04. The second-order valence-corrected chi connectivity index (χ2v) is 5.67. The number of nitrogens with two attached hydrogens (primary N) is 1. The van der Waals surface area contributed by atoms with E-state index in [1.807, 2.05) is 30.3 Å². The number of thioether (sulfide) groups is 1. The van der Waals surface area contributed by atoms with Gasteiger partial charge in [-0.05, 0) is 25.1 Å². The third kappa shape index (κ3) is 3.99. The number of para-hydroxylation sites is 1. The first kappa shape index (κ1) is 12.3. The molecule has 6 heteroatoms. The summed E-state index contributed by atoms with van der Waals surface area (Å²) in [5, 5.41) is 12.3. The molecule has 0 saturated carbocycles. The molecule has 0 bridgehead atoms. The zero-order valence-corrected chi connectivity index (χ0v) is 10.9. The monoisotopic (exact) mass is 266 g/mol. The van der Waals surface area contributed by atoms with Crippen LogP contribution in [0.4, 0.5) is 10.8 Å². The molecule has 0 spiro atoms. The molecule has 0 saturated heterocycles. The predicted molar refractivity (Wildman–Crippen MR) is 74.0 cm³/mol. The highest BCUT2D eigenvalue weighted by molar-refractivity contribution is 8.01. The molecule has 2 aromatic rings. The quantitative estimate of drug-likeness (QED) is 0.622. The Labute approximate surface area is 109 Å². The Morgan fingerprint density at radius 1 is 1.24 bits per heavy atom. The second-order valence-electron chi connectivity index (χ2n) is 3.35. The first-order chi connectivity index (χ1) is 8.38. The highest BCUT2D eigenvalue weighted by atomic mass is 32.2. The fourth-order valence-electron chi connectivity index (χ4n) is 1.21. The van der Waals surface area contributed by atoms with Crippen LogP contribution in [0.1, 0.15) is 6.42 Å². The summed E-state index contributed by atoms with van der Waals surface area (Å²) in [4.78, 5) is 0. The van der Waals surface area contributed by atoms with E-state index in [2.05, 4.69) is 15.5 Å². The van der Waals surface area contributed by atoms with E-state index in [1.54, 1.807) is 23.1 Å². The van der Waals surface area contributed by atoms with Crippen LogP contribution in [0.3, 0.4) is 0 Å². The topological polar surface area (TPSA) is 63.8 Å². The van der Waals surface area contributed by atoms with E-state index < -0.39 is 0 Å². The van der Waals surface area contributed by atoms with Gasteiger partial charge in [-0.2, -0.15) is 0 Å². The molecule has 0 aliphatic carbocycles. The highest BCUT2D eigenvalue weighted by Crippen LogP contribution is 2.27. The number of hydrogen-bond acceptors (Lipinski definition) is 6. The van der Waals surface area contributed by atoms with Gasteiger partial charge >= 0.3 is 0 Å². The molecule has 0 fully saturated rings. The fraction of sp³-hybridized carbons (Fsp3) is 0.273. The van der Waals surface area contributed by atoms with Crippen LogP contribution in [0, 0.1) is 0 Å². The summed E-state index contributed by atoms with van der Waals surface area (Å²) in [6.45, 7) is 0.723. The van der Waals surface area contributed by atoms with Crippen LogP contribution in [0.15, 0.2) is 34.7 Å². The van der Waals surface area contributed by atoms with E-state index in [0.29, 0.717) is 0 Å². The Morgan fingerprint density at radius 2 is 2.06 bits per heavy atom. The number of hydrogen-bond donors (Lipinski definition) is 2. The lowest BCUT2D eigenvalue weighted by atomic mass is 10.3. The number of anilines is 2. The summed E-state index contributed by atoms with van der Waals surface area (Å²) in [6, 6.07) is 9.96. The van der Waals surface area contributed by atoms with E-state index in [9.17, 15) is 0 Å². The van der Waals surface area contributed by atoms with E-state index in [-0.39, 0.29) is 0 Å². The van der Waals surface area contributed by atoms with Crippen molar-refractivity contribution < 1.29 is 0 Å². The maximum absolute atomic E-state index is 5.44. The van der Waals surface area contributed by atoms with Crippen LogP contribution in [0.2, 0.25) is 0 Å². The van der Waals surface area contributed by atoms with Crippen LogP contribution in [0.25, 0.3) is 0 Å². The Kier molecular flexibility index (Phi) is 4.78. The molecule has 0 aliphatic heterocycles. The lowest BCUT2D eigenvalue weighted by molar-refractivity contribution is 0.939. The number of benzene rings is 1. The molecule has 1 aromatic carbocycles. The van der Waals surface area contributed by atoms with Gasteiger partial charge < -0.3 is 11.1 Å². The van der Waals surface area contributed by atoms with Crippen molar-refractivity contribution in [3.8, 4) is 0 Å². The molecular formula is C11H14N4S2. The van der Waals surface area contributed by atoms with Gasteiger partial charge in [-0.1, -0.05) is 41.3 Å². The smallest absolute Gasteiger partial charge is 0.210 e. The molecule has 0 radical (unpaired) electrons. The van der Waals surface area contributed by atoms with Gasteiger partial charge in [-0.15, -0.1) is 10.2 Å². The summed E-state index contributed by atoms with van der Waals surface area (Å²) in [5.41, 5.74) is 6.47. The SMILES string of the molecule is NCCCSc1nnc(Nc2ccccc2)s1. The minimum Gasteiger partial charge on any atom is -0.330 e. The van der Waals surface area contributed by atoms with Crippen LogP contribution in [0.5, 0.6) is 0 Å². The van der Waals surface area contributed by atoms with Crippen molar-refractivity contribution >= 4 is 33.9 Å². The first-order valence-electron chi connectivity index (χ1n) is 5.37. The van der Waals surface area contributed by atoms with Crippen molar-refractivity contribution in [2.24, 2.45) is 5.73 Å². The summed E-state index contributed by atoms with van der Waals surface area (Å²) in [7, 11) is 0. The number of nitrogens with one attached hydrogen (secondary N) is 1. The van der Waals surface area contributed by atoms with Gasteiger partial charge in [0.25, 0.3) is 0 Å². The standard InChI is InChI=1S/C11H14N4S2/c12-7-4-8-16-11-15-14-10(17-11)13-9-5-2-1-3-6-9/h1-3,5-6H,4,7-8,12H2,(H,13,14). The predicted octanol–water partition coefficient (Wildman–Crippen LogP) is 2.72. The fourth-order valence-corrected chi connectivity index (χ4v) is 3.01. The van der Waals surface area contributed by atoms with Crippen molar-refractivity contribution in [3.05, 3.63) is 30.3 Å². The molecule has 0 amide bonds. The average Bonchev–Trinajstić information content (AvgIpc) is 2.79. The summed E-state index contributed by atoms with van der Waals surface area (Å²) in [5.74, 6) is 0.996. The molecule has 2 rings (SSSR count). The third-order valence-corrected chi connectivity index (χ3v) is 4.06. The van der Waals surface area contributed by atoms with Crippen molar-refractivity contribution in [2.75, 3.05) is 17.6 Å². The lowest BCUT2D eigenvalue weighted by Crippen LogP contribution is -1.99. The third-order valence-electron chi connectivity index (χ3n) is 2.01. The van der Waals surface area contributed by atoms with Crippen LogP contribution in [-0.2, 0) is 0 Å². The maximum atomic E-state index is 5.44. The molecule has 90 valence electrons. The number of aromatic nitrogens is 2. The molecule has 1 aromatic heterocycles. The van der Waals surface area contributed by atoms with Crippen LogP contribution < -0.4 is 11.1 Å². The van der Waals surface area contributed by atoms with Crippen LogP contribution >= 0.6 is 23.1 Å². The van der Waals surface area contributed by atoms with Gasteiger partial charge in [0.1, 0.15) is 0 Å². The maximum Gasteiger partial charge on any atom is 0.210 e. The summed E-state index contributed by atoms with van der Waals surface area (Å²) in [6.07, 6.45) is 1.01. The molecule has 1 heterocycles. The second kappa shape index (κ2) is 6.58. The van der Waals surface area contributed by atoms with E-state index in [1.165, 1.54) is 0 Å². The number of nitrogens with zero attached hydrogens (tertiary/aromatic N) is 2. The first-order valence-corrected chi connectivity index (χ1v) is 7.17. The van der Waals surface area contributed by atoms with Gasteiger partial charge in [-0.25, -0.2) is 0 Å². The number of rotatable bonds is 6. The van der Waals surface area contributed by atoms with Gasteiger partial charge in [-0.3, -0.25) is 0 Å². The van der Waals surface area contributed by atoms with Crippen molar-refractivity contribution in [3.63, 3.8) is 0 Å². The molecule has 0 aliphatic rings. The van der Waals surface area contributed by atoms with Gasteiger partial charge in [0.05, 0.1) is 0 Å². The Morgan fingerprint density at radius 3 is 2.82 bits per heavy atom. The zero-order chi connectivity index (χ0) is 11.9. The summed E-state index contributed by atoms with van der Waals surface area (Å²) < 4.78 is 0.983. The zero-order valence-electron chi connectivity index (χ0n) is 9.30. The normalized spacial score (nSPS) is 10.4. The Hall–Kier alpha value is -1.11. The van der Waals surface area contributed by atoms with E-state index in [0.717, 1.165) is 33.9 Å². The largest absolute Gasteiger partial charge is 0.330 e. The molecule has 0 unspecified atom stereocenters. The minimum absolute atomic E-state index is 0.723.